The smallest absolute Gasteiger partial charge is 0.225 e. The Morgan fingerprint density at radius 1 is 1.03 bits per heavy atom. The maximum absolute atomic E-state index is 13.4. The molecule has 1 unspecified atom stereocenters. The number of nitrogens with one attached hydrogen (secondary N) is 1. The second-order valence-corrected chi connectivity index (χ2v) is 10.7. The number of hydrogen-bond acceptors (Lipinski definition) is 5. The first kappa shape index (κ1) is 22.0. The average Bonchev–Trinajstić information content (AvgIpc) is 3.24. The Kier molecular flexibility index (Phi) is 7.05. The number of ether oxygens (including phenoxy) is 1. The number of benzene rings is 2. The molecule has 0 spiro atoms. The SMILES string of the molecule is O=C(NCC1CCCOC1)[C@@H]1CN(Cc2ccccc2)C[C@H]1S(=O)(=O)c1ccccc1. The van der Waals surface area contributed by atoms with Crippen molar-refractivity contribution in [3.8, 4) is 0 Å². The molecule has 1 amide bonds. The number of amides is 1. The lowest BCUT2D eigenvalue weighted by Crippen LogP contribution is -2.43. The van der Waals surface area contributed by atoms with E-state index in [0.717, 1.165) is 25.0 Å². The summed E-state index contributed by atoms with van der Waals surface area (Å²) < 4.78 is 32.4. The third-order valence-corrected chi connectivity index (χ3v) is 8.42. The van der Waals surface area contributed by atoms with Crippen molar-refractivity contribution in [1.82, 2.24) is 10.2 Å². The van der Waals surface area contributed by atoms with Crippen molar-refractivity contribution < 1.29 is 17.9 Å². The quantitative estimate of drug-likeness (QED) is 0.713. The third-order valence-electron chi connectivity index (χ3n) is 6.22. The van der Waals surface area contributed by atoms with Gasteiger partial charge in [0.05, 0.1) is 22.7 Å². The molecule has 2 heterocycles. The van der Waals surface area contributed by atoms with Crippen LogP contribution in [0.3, 0.4) is 0 Å². The van der Waals surface area contributed by atoms with Crippen molar-refractivity contribution in [3.63, 3.8) is 0 Å². The molecule has 2 aromatic carbocycles. The second kappa shape index (κ2) is 9.94. The normalized spacial score (nSPS) is 24.7. The molecule has 2 aliphatic rings. The maximum Gasteiger partial charge on any atom is 0.225 e. The van der Waals surface area contributed by atoms with Crippen LogP contribution in [0.25, 0.3) is 0 Å². The van der Waals surface area contributed by atoms with E-state index in [-0.39, 0.29) is 10.8 Å². The minimum absolute atomic E-state index is 0.175. The highest BCUT2D eigenvalue weighted by molar-refractivity contribution is 7.92. The highest BCUT2D eigenvalue weighted by Crippen LogP contribution is 2.30. The molecule has 2 aliphatic heterocycles. The zero-order valence-corrected chi connectivity index (χ0v) is 18.5. The Labute approximate surface area is 184 Å². The number of sulfone groups is 1. The first-order valence-corrected chi connectivity index (χ1v) is 12.5. The molecule has 0 aromatic heterocycles. The number of likely N-dealkylation sites (tertiary alicyclic amines) is 1. The van der Waals surface area contributed by atoms with Gasteiger partial charge in [0.25, 0.3) is 0 Å². The van der Waals surface area contributed by atoms with Gasteiger partial charge in [0.15, 0.2) is 9.84 Å². The second-order valence-electron chi connectivity index (χ2n) is 8.51. The van der Waals surface area contributed by atoms with Crippen LogP contribution in [0.2, 0.25) is 0 Å². The Morgan fingerprint density at radius 2 is 1.74 bits per heavy atom. The van der Waals surface area contributed by atoms with Gasteiger partial charge < -0.3 is 10.1 Å². The molecule has 2 saturated heterocycles. The first-order chi connectivity index (χ1) is 15.0. The van der Waals surface area contributed by atoms with Crippen molar-refractivity contribution in [3.05, 3.63) is 66.2 Å². The van der Waals surface area contributed by atoms with Crippen molar-refractivity contribution in [2.24, 2.45) is 11.8 Å². The summed E-state index contributed by atoms with van der Waals surface area (Å²) in [4.78, 5) is 15.5. The van der Waals surface area contributed by atoms with Gasteiger partial charge in [-0.2, -0.15) is 0 Å². The van der Waals surface area contributed by atoms with Gasteiger partial charge in [-0.15, -0.1) is 0 Å². The topological polar surface area (TPSA) is 75.7 Å². The van der Waals surface area contributed by atoms with Gasteiger partial charge in [0.2, 0.25) is 5.91 Å². The molecule has 2 fully saturated rings. The molecule has 7 heteroatoms. The van der Waals surface area contributed by atoms with Gasteiger partial charge in [0.1, 0.15) is 0 Å². The van der Waals surface area contributed by atoms with Crippen molar-refractivity contribution >= 4 is 15.7 Å². The van der Waals surface area contributed by atoms with E-state index in [2.05, 4.69) is 10.2 Å². The fourth-order valence-corrected chi connectivity index (χ4v) is 6.45. The summed E-state index contributed by atoms with van der Waals surface area (Å²) in [6.07, 6.45) is 2.02. The number of rotatable bonds is 7. The van der Waals surface area contributed by atoms with Crippen LogP contribution in [0.15, 0.2) is 65.6 Å². The monoisotopic (exact) mass is 442 g/mol. The summed E-state index contributed by atoms with van der Waals surface area (Å²) in [5.74, 6) is -0.479. The molecule has 31 heavy (non-hydrogen) atoms. The summed E-state index contributed by atoms with van der Waals surface area (Å²) >= 11 is 0. The molecule has 0 saturated carbocycles. The van der Waals surface area contributed by atoms with E-state index in [9.17, 15) is 13.2 Å². The van der Waals surface area contributed by atoms with E-state index in [0.29, 0.717) is 38.7 Å². The van der Waals surface area contributed by atoms with Crippen molar-refractivity contribution in [2.75, 3.05) is 32.8 Å². The van der Waals surface area contributed by atoms with Gasteiger partial charge in [-0.25, -0.2) is 8.42 Å². The minimum atomic E-state index is -3.63. The van der Waals surface area contributed by atoms with E-state index in [1.165, 1.54) is 0 Å². The molecule has 0 aliphatic carbocycles. The number of carbonyl (C=O) groups is 1. The Balaban J connectivity index is 1.51. The molecule has 3 atom stereocenters. The Bertz CT molecular complexity index is 960. The molecule has 1 N–H and O–H groups in total. The van der Waals surface area contributed by atoms with Gasteiger partial charge in [0, 0.05) is 32.8 Å². The molecule has 0 bridgehead atoms. The Hall–Kier alpha value is -2.22. The maximum atomic E-state index is 13.4. The highest BCUT2D eigenvalue weighted by atomic mass is 32.2. The number of nitrogens with zero attached hydrogens (tertiary/aromatic N) is 1. The van der Waals surface area contributed by atoms with Crippen LogP contribution in [-0.4, -0.2) is 57.3 Å². The number of carbonyl (C=O) groups excluding carboxylic acids is 1. The van der Waals surface area contributed by atoms with E-state index >= 15 is 0 Å². The fraction of sp³-hybridized carbons (Fsp3) is 0.458. The number of hydrogen-bond donors (Lipinski definition) is 1. The zero-order valence-electron chi connectivity index (χ0n) is 17.7. The van der Waals surface area contributed by atoms with E-state index in [1.54, 1.807) is 30.3 Å². The zero-order chi connectivity index (χ0) is 21.7. The van der Waals surface area contributed by atoms with Gasteiger partial charge in [-0.1, -0.05) is 48.5 Å². The summed E-state index contributed by atoms with van der Waals surface area (Å²) in [5.41, 5.74) is 1.11. The summed E-state index contributed by atoms with van der Waals surface area (Å²) in [7, 11) is -3.63. The van der Waals surface area contributed by atoms with E-state index in [1.807, 2.05) is 30.3 Å². The summed E-state index contributed by atoms with van der Waals surface area (Å²) in [6, 6.07) is 18.4. The van der Waals surface area contributed by atoms with Gasteiger partial charge in [-0.3, -0.25) is 9.69 Å². The van der Waals surface area contributed by atoms with Crippen LogP contribution in [0.4, 0.5) is 0 Å². The van der Waals surface area contributed by atoms with Crippen molar-refractivity contribution in [2.45, 2.75) is 29.5 Å². The Morgan fingerprint density at radius 3 is 2.42 bits per heavy atom. The van der Waals surface area contributed by atoms with Crippen LogP contribution in [-0.2, 0) is 25.9 Å². The van der Waals surface area contributed by atoms with Crippen molar-refractivity contribution in [1.29, 1.82) is 0 Å². The molecule has 2 aromatic rings. The highest BCUT2D eigenvalue weighted by Gasteiger charge is 2.45. The summed E-state index contributed by atoms with van der Waals surface area (Å²) in [5, 5.41) is 2.26. The van der Waals surface area contributed by atoms with Crippen LogP contribution in [0.1, 0.15) is 18.4 Å². The average molecular weight is 443 g/mol. The van der Waals surface area contributed by atoms with Crippen LogP contribution >= 0.6 is 0 Å². The standard InChI is InChI=1S/C24H30N2O4S/c27-24(25-14-20-10-7-13-30-18-20)22-16-26(15-19-8-3-1-4-9-19)17-23(22)31(28,29)21-11-5-2-6-12-21/h1-6,8-9,11-12,20,22-23H,7,10,13-18H2,(H,25,27)/t20?,22-,23-/m1/s1. The molecule has 4 rings (SSSR count). The van der Waals surface area contributed by atoms with Crippen LogP contribution in [0, 0.1) is 11.8 Å². The lowest BCUT2D eigenvalue weighted by atomic mass is 10.0. The largest absolute Gasteiger partial charge is 0.381 e. The predicted octanol–water partition coefficient (Wildman–Crippen LogP) is 2.50. The third kappa shape index (κ3) is 5.34. The first-order valence-electron chi connectivity index (χ1n) is 10.9. The predicted molar refractivity (Wildman–Crippen MR) is 119 cm³/mol. The molecular formula is C24H30N2O4S. The van der Waals surface area contributed by atoms with Crippen LogP contribution in [0.5, 0.6) is 0 Å². The van der Waals surface area contributed by atoms with Gasteiger partial charge in [-0.05, 0) is 36.5 Å². The molecule has 6 nitrogen and oxygen atoms in total. The van der Waals surface area contributed by atoms with Gasteiger partial charge >= 0.3 is 0 Å². The van der Waals surface area contributed by atoms with E-state index < -0.39 is 21.0 Å². The molecule has 166 valence electrons. The summed E-state index contributed by atoms with van der Waals surface area (Å²) in [6.45, 7) is 3.36. The fourth-order valence-electron chi connectivity index (χ4n) is 4.52. The lowest BCUT2D eigenvalue weighted by molar-refractivity contribution is -0.124. The molecule has 0 radical (unpaired) electrons. The van der Waals surface area contributed by atoms with E-state index in [4.69, 9.17) is 4.74 Å². The van der Waals surface area contributed by atoms with Crippen LogP contribution < -0.4 is 5.32 Å². The molecular weight excluding hydrogens is 412 g/mol. The minimum Gasteiger partial charge on any atom is -0.381 e. The lowest BCUT2D eigenvalue weighted by Gasteiger charge is -2.24.